The first kappa shape index (κ1) is 12.2. The van der Waals surface area contributed by atoms with E-state index in [-0.39, 0.29) is 0 Å². The molecule has 2 aliphatic carbocycles. The Morgan fingerprint density at radius 3 is 2.89 bits per heavy atom. The fraction of sp³-hybridized carbons (Fsp3) is 0.800. The van der Waals surface area contributed by atoms with E-state index in [0.29, 0.717) is 6.04 Å². The van der Waals surface area contributed by atoms with Gasteiger partial charge in [0.1, 0.15) is 0 Å². The summed E-state index contributed by atoms with van der Waals surface area (Å²) in [5.74, 6) is 3.03. The molecule has 1 aromatic heterocycles. The van der Waals surface area contributed by atoms with E-state index >= 15 is 0 Å². The van der Waals surface area contributed by atoms with Crippen LogP contribution in [0.15, 0.2) is 12.4 Å². The monoisotopic (exact) mass is 247 g/mol. The van der Waals surface area contributed by atoms with Crippen LogP contribution in [0.25, 0.3) is 0 Å². The fourth-order valence-corrected chi connectivity index (χ4v) is 4.17. The summed E-state index contributed by atoms with van der Waals surface area (Å²) < 4.78 is 1.92. The Morgan fingerprint density at radius 2 is 2.33 bits per heavy atom. The second kappa shape index (κ2) is 5.04. The van der Waals surface area contributed by atoms with Crippen LogP contribution < -0.4 is 5.32 Å². The highest BCUT2D eigenvalue weighted by molar-refractivity contribution is 5.11. The van der Waals surface area contributed by atoms with Crippen molar-refractivity contribution in [3.8, 4) is 0 Å². The molecule has 18 heavy (non-hydrogen) atoms. The lowest BCUT2D eigenvalue weighted by Gasteiger charge is -2.26. The van der Waals surface area contributed by atoms with Crippen molar-refractivity contribution in [2.24, 2.45) is 24.8 Å². The lowest BCUT2D eigenvalue weighted by molar-refractivity contribution is 0.280. The Kier molecular flexibility index (Phi) is 3.42. The molecule has 0 spiro atoms. The average molecular weight is 247 g/mol. The first-order chi connectivity index (χ1) is 8.76. The first-order valence-electron chi connectivity index (χ1n) is 7.48. The van der Waals surface area contributed by atoms with Crippen LogP contribution >= 0.6 is 0 Å². The number of rotatable bonds is 5. The summed E-state index contributed by atoms with van der Waals surface area (Å²) >= 11 is 0. The highest BCUT2D eigenvalue weighted by Crippen LogP contribution is 2.50. The Labute approximate surface area is 110 Å². The van der Waals surface area contributed by atoms with Crippen LogP contribution in [0.5, 0.6) is 0 Å². The van der Waals surface area contributed by atoms with Gasteiger partial charge in [-0.2, -0.15) is 5.10 Å². The van der Waals surface area contributed by atoms with Crippen LogP contribution in [0.1, 0.15) is 50.6 Å². The molecule has 0 aromatic carbocycles. The van der Waals surface area contributed by atoms with E-state index in [2.05, 4.69) is 23.5 Å². The zero-order chi connectivity index (χ0) is 12.5. The lowest BCUT2D eigenvalue weighted by Crippen LogP contribution is -2.25. The van der Waals surface area contributed by atoms with Crippen molar-refractivity contribution in [1.82, 2.24) is 15.1 Å². The molecule has 3 heteroatoms. The average Bonchev–Trinajstić information content (AvgIpc) is 3.04. The van der Waals surface area contributed by atoms with Gasteiger partial charge >= 0.3 is 0 Å². The number of hydrogen-bond acceptors (Lipinski definition) is 2. The Hall–Kier alpha value is -0.830. The molecule has 0 saturated heterocycles. The van der Waals surface area contributed by atoms with Gasteiger partial charge in [-0.3, -0.25) is 4.68 Å². The molecule has 0 radical (unpaired) electrons. The molecule has 0 amide bonds. The second-order valence-corrected chi connectivity index (χ2v) is 6.23. The van der Waals surface area contributed by atoms with Crippen LogP contribution in [0.3, 0.4) is 0 Å². The van der Waals surface area contributed by atoms with Crippen LogP contribution in [0.4, 0.5) is 0 Å². The molecular formula is C15H25N3. The third kappa shape index (κ3) is 2.33. The quantitative estimate of drug-likeness (QED) is 0.867. The Morgan fingerprint density at radius 1 is 1.44 bits per heavy atom. The predicted molar refractivity (Wildman–Crippen MR) is 73.2 cm³/mol. The van der Waals surface area contributed by atoms with E-state index in [9.17, 15) is 0 Å². The summed E-state index contributed by atoms with van der Waals surface area (Å²) in [5.41, 5.74) is 1.36. The topological polar surface area (TPSA) is 29.9 Å². The third-order valence-corrected chi connectivity index (χ3v) is 5.00. The van der Waals surface area contributed by atoms with Crippen LogP contribution in [0.2, 0.25) is 0 Å². The lowest BCUT2D eigenvalue weighted by atomic mass is 9.83. The van der Waals surface area contributed by atoms with Crippen molar-refractivity contribution in [2.75, 3.05) is 6.54 Å². The number of aryl methyl sites for hydroxylation is 1. The first-order valence-corrected chi connectivity index (χ1v) is 7.48. The normalized spacial score (nSPS) is 32.0. The van der Waals surface area contributed by atoms with Gasteiger partial charge in [-0.05, 0) is 50.0 Å². The summed E-state index contributed by atoms with van der Waals surface area (Å²) in [4.78, 5) is 0. The standard InChI is InChI=1S/C15H25N3/c1-3-16-15(14-9-17-18(2)10-14)8-13-7-11-4-5-12(13)6-11/h9-13,15-16H,3-8H2,1-2H3. The minimum Gasteiger partial charge on any atom is -0.310 e. The highest BCUT2D eigenvalue weighted by atomic mass is 15.2. The minimum atomic E-state index is 0.507. The van der Waals surface area contributed by atoms with Gasteiger partial charge in [-0.15, -0.1) is 0 Å². The van der Waals surface area contributed by atoms with E-state index in [0.717, 1.165) is 24.3 Å². The molecule has 2 aliphatic rings. The number of fused-ring (bicyclic) bond motifs is 2. The Bertz CT molecular complexity index is 398. The molecule has 1 aromatic rings. The zero-order valence-electron chi connectivity index (χ0n) is 11.6. The molecule has 4 atom stereocenters. The molecule has 2 bridgehead atoms. The van der Waals surface area contributed by atoms with Gasteiger partial charge in [0.15, 0.2) is 0 Å². The molecule has 100 valence electrons. The number of hydrogen-bond donors (Lipinski definition) is 1. The van der Waals surface area contributed by atoms with Crippen molar-refractivity contribution in [2.45, 2.75) is 45.1 Å². The summed E-state index contributed by atoms with van der Waals surface area (Å²) in [5, 5.41) is 7.96. The number of nitrogens with one attached hydrogen (secondary N) is 1. The summed E-state index contributed by atoms with van der Waals surface area (Å²) in [6, 6.07) is 0.507. The van der Waals surface area contributed by atoms with Gasteiger partial charge in [0.25, 0.3) is 0 Å². The molecule has 3 nitrogen and oxygen atoms in total. The van der Waals surface area contributed by atoms with Gasteiger partial charge in [-0.25, -0.2) is 0 Å². The summed E-state index contributed by atoms with van der Waals surface area (Å²) in [6.07, 6.45) is 11.5. The van der Waals surface area contributed by atoms with Crippen molar-refractivity contribution >= 4 is 0 Å². The van der Waals surface area contributed by atoms with E-state index in [4.69, 9.17) is 0 Å². The molecule has 4 unspecified atom stereocenters. The molecule has 3 rings (SSSR count). The van der Waals surface area contributed by atoms with Gasteiger partial charge in [0.05, 0.1) is 6.20 Å². The van der Waals surface area contributed by atoms with Gasteiger partial charge in [-0.1, -0.05) is 13.3 Å². The van der Waals surface area contributed by atoms with Crippen molar-refractivity contribution in [3.63, 3.8) is 0 Å². The summed E-state index contributed by atoms with van der Waals surface area (Å²) in [7, 11) is 2.00. The SMILES string of the molecule is CCNC(CC1CC2CCC1C2)c1cnn(C)c1. The largest absolute Gasteiger partial charge is 0.310 e. The molecule has 0 aliphatic heterocycles. The summed E-state index contributed by atoms with van der Waals surface area (Å²) in [6.45, 7) is 3.24. The van der Waals surface area contributed by atoms with Gasteiger partial charge < -0.3 is 5.32 Å². The van der Waals surface area contributed by atoms with E-state index in [1.807, 2.05) is 17.9 Å². The maximum absolute atomic E-state index is 4.32. The highest BCUT2D eigenvalue weighted by Gasteiger charge is 2.40. The van der Waals surface area contributed by atoms with E-state index in [1.165, 1.54) is 37.7 Å². The van der Waals surface area contributed by atoms with Crippen molar-refractivity contribution < 1.29 is 0 Å². The van der Waals surface area contributed by atoms with Crippen LogP contribution in [-0.4, -0.2) is 16.3 Å². The minimum absolute atomic E-state index is 0.507. The van der Waals surface area contributed by atoms with Crippen molar-refractivity contribution in [1.29, 1.82) is 0 Å². The van der Waals surface area contributed by atoms with Gasteiger partial charge in [0, 0.05) is 24.8 Å². The molecule has 2 fully saturated rings. The van der Waals surface area contributed by atoms with E-state index < -0.39 is 0 Å². The zero-order valence-corrected chi connectivity index (χ0v) is 11.6. The second-order valence-electron chi connectivity index (χ2n) is 6.23. The maximum atomic E-state index is 4.32. The molecule has 1 N–H and O–H groups in total. The van der Waals surface area contributed by atoms with Gasteiger partial charge in [0.2, 0.25) is 0 Å². The molecule has 1 heterocycles. The molecular weight excluding hydrogens is 222 g/mol. The van der Waals surface area contributed by atoms with Crippen molar-refractivity contribution in [3.05, 3.63) is 18.0 Å². The molecule has 2 saturated carbocycles. The predicted octanol–water partition coefficient (Wildman–Crippen LogP) is 2.90. The maximum Gasteiger partial charge on any atom is 0.0537 e. The Balaban J connectivity index is 1.67. The fourth-order valence-electron chi connectivity index (χ4n) is 4.17. The van der Waals surface area contributed by atoms with Crippen LogP contribution in [0, 0.1) is 17.8 Å². The smallest absolute Gasteiger partial charge is 0.0537 e. The third-order valence-electron chi connectivity index (χ3n) is 5.00. The number of nitrogens with zero attached hydrogens (tertiary/aromatic N) is 2. The van der Waals surface area contributed by atoms with E-state index in [1.54, 1.807) is 0 Å². The van der Waals surface area contributed by atoms with Crippen LogP contribution in [-0.2, 0) is 7.05 Å². The number of aromatic nitrogens is 2.